The number of nitrogens with zero attached hydrogens (tertiary/aromatic N) is 4. The highest BCUT2D eigenvalue weighted by Gasteiger charge is 2.34. The summed E-state index contributed by atoms with van der Waals surface area (Å²) in [6.07, 6.45) is 3.05. The lowest BCUT2D eigenvalue weighted by atomic mass is 10.1. The number of hydrogen-bond acceptors (Lipinski definition) is 6. The Morgan fingerprint density at radius 1 is 1.36 bits per heavy atom. The standard InChI is InChI=1S/C17H14BrN5OS/c1-2-25-17-21-16(24)14-12-8-11(18)5-6-13(12)20-15(23(14)22-17)10-4-3-7-19-9-10/h3-9,15H,2H2,1H3,(H,21,22,24). The van der Waals surface area contributed by atoms with Gasteiger partial charge in [-0.15, -0.1) is 5.10 Å². The van der Waals surface area contributed by atoms with Gasteiger partial charge in [0.1, 0.15) is 5.70 Å². The summed E-state index contributed by atoms with van der Waals surface area (Å²) in [4.78, 5) is 21.8. The summed E-state index contributed by atoms with van der Waals surface area (Å²) in [5.74, 6) is 0.646. The van der Waals surface area contributed by atoms with Crippen LogP contribution in [-0.2, 0) is 4.79 Å². The summed E-state index contributed by atoms with van der Waals surface area (Å²) in [5, 5.41) is 11.3. The molecule has 0 aliphatic carbocycles. The molecule has 126 valence electrons. The van der Waals surface area contributed by atoms with E-state index in [0.29, 0.717) is 10.9 Å². The molecule has 1 aromatic heterocycles. The molecule has 8 heteroatoms. The van der Waals surface area contributed by atoms with E-state index in [1.807, 2.05) is 37.3 Å². The topological polar surface area (TPSA) is 70.0 Å². The second-order valence-corrected chi connectivity index (χ2v) is 7.60. The molecule has 3 heterocycles. The van der Waals surface area contributed by atoms with Crippen LogP contribution in [-0.4, -0.2) is 26.8 Å². The van der Waals surface area contributed by atoms with E-state index in [4.69, 9.17) is 4.99 Å². The molecule has 0 radical (unpaired) electrons. The van der Waals surface area contributed by atoms with Crippen LogP contribution in [0, 0.1) is 0 Å². The normalized spacial score (nSPS) is 18.7. The van der Waals surface area contributed by atoms with Crippen molar-refractivity contribution in [1.82, 2.24) is 15.3 Å². The summed E-state index contributed by atoms with van der Waals surface area (Å²) in [6, 6.07) is 9.52. The smallest absolute Gasteiger partial charge is 0.276 e. The van der Waals surface area contributed by atoms with Crippen molar-refractivity contribution in [2.45, 2.75) is 13.1 Å². The van der Waals surface area contributed by atoms with Crippen molar-refractivity contribution in [2.24, 2.45) is 10.1 Å². The highest BCUT2D eigenvalue weighted by atomic mass is 79.9. The number of amides is 1. The molecule has 1 atom stereocenters. The Labute approximate surface area is 156 Å². The highest BCUT2D eigenvalue weighted by molar-refractivity contribution is 9.10. The van der Waals surface area contributed by atoms with Gasteiger partial charge in [-0.25, -0.2) is 5.01 Å². The molecule has 2 aliphatic heterocycles. The second kappa shape index (κ2) is 6.61. The zero-order valence-electron chi connectivity index (χ0n) is 13.3. The average Bonchev–Trinajstić information content (AvgIpc) is 2.62. The number of aromatic nitrogens is 1. The maximum Gasteiger partial charge on any atom is 0.276 e. The van der Waals surface area contributed by atoms with Crippen molar-refractivity contribution in [3.63, 3.8) is 0 Å². The molecule has 0 bridgehead atoms. The van der Waals surface area contributed by atoms with Gasteiger partial charge in [0.05, 0.1) is 5.36 Å². The van der Waals surface area contributed by atoms with Gasteiger partial charge in [-0.05, 0) is 30.0 Å². The molecule has 0 spiro atoms. The number of halogens is 1. The Balaban J connectivity index is 1.98. The molecule has 1 aromatic carbocycles. The van der Waals surface area contributed by atoms with E-state index in [-0.39, 0.29) is 5.91 Å². The quantitative estimate of drug-likeness (QED) is 0.810. The minimum absolute atomic E-state index is 0.172. The number of hydrazone groups is 1. The number of hydrogen-bond donors (Lipinski definition) is 1. The van der Waals surface area contributed by atoms with Gasteiger partial charge in [0.25, 0.3) is 5.91 Å². The van der Waals surface area contributed by atoms with Crippen LogP contribution in [0.5, 0.6) is 0 Å². The van der Waals surface area contributed by atoms with Crippen molar-refractivity contribution < 1.29 is 4.79 Å². The van der Waals surface area contributed by atoms with Gasteiger partial charge >= 0.3 is 0 Å². The van der Waals surface area contributed by atoms with Crippen molar-refractivity contribution in [2.75, 3.05) is 5.75 Å². The van der Waals surface area contributed by atoms with Crippen LogP contribution in [0.15, 0.2) is 57.3 Å². The van der Waals surface area contributed by atoms with Crippen LogP contribution in [0.25, 0.3) is 5.70 Å². The maximum atomic E-state index is 12.8. The van der Waals surface area contributed by atoms with Crippen molar-refractivity contribution in [3.8, 4) is 0 Å². The Bertz CT molecular complexity index is 992. The number of thioether (sulfide) groups is 1. The third kappa shape index (κ3) is 2.96. The van der Waals surface area contributed by atoms with Gasteiger partial charge in [-0.1, -0.05) is 40.7 Å². The molecule has 0 saturated carbocycles. The number of rotatable bonds is 2. The summed E-state index contributed by atoms with van der Waals surface area (Å²) in [6.45, 7) is 2.02. The van der Waals surface area contributed by atoms with Crippen LogP contribution in [0.3, 0.4) is 0 Å². The largest absolute Gasteiger partial charge is 0.298 e. The Hall–Kier alpha value is -2.19. The molecule has 0 fully saturated rings. The molecule has 25 heavy (non-hydrogen) atoms. The van der Waals surface area contributed by atoms with Gasteiger partial charge in [0.15, 0.2) is 11.3 Å². The molecule has 2 aromatic rings. The monoisotopic (exact) mass is 415 g/mol. The predicted octanol–water partition coefficient (Wildman–Crippen LogP) is 1.74. The maximum absolute atomic E-state index is 12.8. The van der Waals surface area contributed by atoms with E-state index < -0.39 is 6.17 Å². The van der Waals surface area contributed by atoms with Gasteiger partial charge in [-0.2, -0.15) is 0 Å². The summed E-state index contributed by atoms with van der Waals surface area (Å²) in [7, 11) is 0. The zero-order chi connectivity index (χ0) is 17.4. The highest BCUT2D eigenvalue weighted by Crippen LogP contribution is 2.30. The van der Waals surface area contributed by atoms with Gasteiger partial charge in [-0.3, -0.25) is 20.1 Å². The van der Waals surface area contributed by atoms with Gasteiger partial charge < -0.3 is 0 Å². The Morgan fingerprint density at radius 2 is 2.24 bits per heavy atom. The van der Waals surface area contributed by atoms with E-state index in [9.17, 15) is 4.79 Å². The van der Waals surface area contributed by atoms with E-state index in [0.717, 1.165) is 26.4 Å². The fraction of sp³-hybridized carbons (Fsp3) is 0.176. The number of benzene rings is 1. The number of pyridine rings is 1. The van der Waals surface area contributed by atoms with Crippen LogP contribution in [0.1, 0.15) is 18.7 Å². The van der Waals surface area contributed by atoms with Crippen molar-refractivity contribution in [3.05, 3.63) is 63.3 Å². The van der Waals surface area contributed by atoms with Gasteiger partial charge in [0.2, 0.25) is 0 Å². The first kappa shape index (κ1) is 16.3. The molecule has 0 saturated heterocycles. The molecule has 4 rings (SSSR count). The fourth-order valence-electron chi connectivity index (χ4n) is 2.80. The van der Waals surface area contributed by atoms with E-state index in [2.05, 4.69) is 31.3 Å². The first-order valence-corrected chi connectivity index (χ1v) is 9.55. The lowest BCUT2D eigenvalue weighted by Gasteiger charge is -2.33. The van der Waals surface area contributed by atoms with Crippen LogP contribution in [0.4, 0.5) is 0 Å². The third-order valence-corrected chi connectivity index (χ3v) is 5.07. The number of carbonyl (C=O) groups is 1. The number of fused-ring (bicyclic) bond motifs is 2. The molecule has 2 aliphatic rings. The summed E-state index contributed by atoms with van der Waals surface area (Å²) >= 11 is 4.96. The molecular weight excluding hydrogens is 402 g/mol. The van der Waals surface area contributed by atoms with Gasteiger partial charge in [0, 0.05) is 27.6 Å². The van der Waals surface area contributed by atoms with Crippen LogP contribution < -0.4 is 15.9 Å². The van der Waals surface area contributed by atoms with Crippen molar-refractivity contribution in [1.29, 1.82) is 0 Å². The average molecular weight is 416 g/mol. The Kier molecular flexibility index (Phi) is 4.30. The van der Waals surface area contributed by atoms with Crippen LogP contribution >= 0.6 is 27.7 Å². The first-order valence-electron chi connectivity index (χ1n) is 7.77. The number of carbonyl (C=O) groups excluding carboxylic acids is 1. The molecular formula is C17H14BrN5OS. The zero-order valence-corrected chi connectivity index (χ0v) is 15.7. The third-order valence-electron chi connectivity index (χ3n) is 3.83. The lowest BCUT2D eigenvalue weighted by molar-refractivity contribution is -0.116. The lowest BCUT2D eigenvalue weighted by Crippen LogP contribution is -2.50. The Morgan fingerprint density at radius 3 is 3.00 bits per heavy atom. The van der Waals surface area contributed by atoms with E-state index in [1.165, 1.54) is 11.8 Å². The number of nitrogens with one attached hydrogen (secondary N) is 1. The van der Waals surface area contributed by atoms with Crippen molar-refractivity contribution >= 4 is 44.5 Å². The van der Waals surface area contributed by atoms with E-state index in [1.54, 1.807) is 17.4 Å². The SMILES string of the molecule is CCSC1=NN2C(=c3cc(Br)ccc3=NC2c2cccnc2)C(=O)N1. The minimum atomic E-state index is -0.420. The summed E-state index contributed by atoms with van der Waals surface area (Å²) in [5.41, 5.74) is 1.38. The van der Waals surface area contributed by atoms with E-state index >= 15 is 0 Å². The fourth-order valence-corrected chi connectivity index (χ4v) is 3.74. The predicted molar refractivity (Wildman–Crippen MR) is 101 cm³/mol. The molecule has 1 amide bonds. The molecule has 6 nitrogen and oxygen atoms in total. The molecule has 1 N–H and O–H groups in total. The van der Waals surface area contributed by atoms with Crippen LogP contribution in [0.2, 0.25) is 0 Å². The summed E-state index contributed by atoms with van der Waals surface area (Å²) < 4.78 is 0.888. The molecule has 1 unspecified atom stereocenters. The first-order chi connectivity index (χ1) is 12.2. The minimum Gasteiger partial charge on any atom is -0.298 e. The second-order valence-electron chi connectivity index (χ2n) is 5.44. The number of amidine groups is 1.